The summed E-state index contributed by atoms with van der Waals surface area (Å²) in [6, 6.07) is 4.64. The van der Waals surface area contributed by atoms with Crippen molar-refractivity contribution in [3.63, 3.8) is 0 Å². The minimum atomic E-state index is -1.03. The van der Waals surface area contributed by atoms with Crippen molar-refractivity contribution >= 4 is 11.7 Å². The molecule has 1 aromatic rings. The molecule has 0 radical (unpaired) electrons. The van der Waals surface area contributed by atoms with E-state index in [1.807, 2.05) is 0 Å². The summed E-state index contributed by atoms with van der Waals surface area (Å²) in [4.78, 5) is 13.0. The van der Waals surface area contributed by atoms with Gasteiger partial charge in [0.15, 0.2) is 0 Å². The number of nitrogen functional groups attached to an aromatic ring is 1. The van der Waals surface area contributed by atoms with Gasteiger partial charge in [-0.15, -0.1) is 0 Å². The lowest BCUT2D eigenvalue weighted by atomic mass is 10.2. The fourth-order valence-corrected chi connectivity index (χ4v) is 1.66. The fraction of sp³-hybridized carbons (Fsp3) is 0.462. The molecule has 18 heavy (non-hydrogen) atoms. The normalized spacial score (nSPS) is 10.6. The second-order valence-corrected chi connectivity index (χ2v) is 3.93. The van der Waals surface area contributed by atoms with E-state index in [2.05, 4.69) is 18.7 Å². The van der Waals surface area contributed by atoms with Gasteiger partial charge in [0.25, 0.3) is 0 Å². The molecule has 3 N–H and O–H groups in total. The molecule has 0 unspecified atom stereocenters. The molecule has 0 saturated heterocycles. The number of aromatic carboxylic acids is 1. The highest BCUT2D eigenvalue weighted by molar-refractivity contribution is 5.93. The monoisotopic (exact) mass is 252 g/mol. The van der Waals surface area contributed by atoms with E-state index in [9.17, 15) is 4.79 Å². The Hall–Kier alpha value is -1.75. The third kappa shape index (κ3) is 3.92. The van der Waals surface area contributed by atoms with E-state index in [-0.39, 0.29) is 11.3 Å². The van der Waals surface area contributed by atoms with E-state index in [0.29, 0.717) is 12.4 Å². The summed E-state index contributed by atoms with van der Waals surface area (Å²) in [5.41, 5.74) is 5.96. The molecular formula is C13H20N2O3. The van der Waals surface area contributed by atoms with Crippen LogP contribution in [0.5, 0.6) is 5.75 Å². The molecule has 5 heteroatoms. The number of hydrogen-bond acceptors (Lipinski definition) is 4. The van der Waals surface area contributed by atoms with Crippen molar-refractivity contribution in [2.24, 2.45) is 0 Å². The van der Waals surface area contributed by atoms with Gasteiger partial charge in [0, 0.05) is 18.3 Å². The minimum Gasteiger partial charge on any atom is -0.492 e. The van der Waals surface area contributed by atoms with Gasteiger partial charge in [-0.1, -0.05) is 13.8 Å². The van der Waals surface area contributed by atoms with E-state index in [4.69, 9.17) is 15.6 Å². The Morgan fingerprint density at radius 2 is 2.06 bits per heavy atom. The number of hydrogen-bond donors (Lipinski definition) is 2. The quantitative estimate of drug-likeness (QED) is 0.722. The number of carboxylic acids is 1. The first kappa shape index (κ1) is 14.3. The molecule has 0 aromatic heterocycles. The van der Waals surface area contributed by atoms with Crippen LogP contribution >= 0.6 is 0 Å². The Morgan fingerprint density at radius 1 is 1.39 bits per heavy atom. The molecule has 1 rings (SSSR count). The average Bonchev–Trinajstić information content (AvgIpc) is 2.34. The summed E-state index contributed by atoms with van der Waals surface area (Å²) in [5, 5.41) is 8.84. The highest BCUT2D eigenvalue weighted by Gasteiger charge is 2.08. The van der Waals surface area contributed by atoms with Crippen molar-refractivity contribution in [3.8, 4) is 5.75 Å². The van der Waals surface area contributed by atoms with Crippen LogP contribution in [0.2, 0.25) is 0 Å². The maximum absolute atomic E-state index is 10.8. The van der Waals surface area contributed by atoms with Gasteiger partial charge in [0.1, 0.15) is 12.4 Å². The predicted molar refractivity (Wildman–Crippen MR) is 71.1 cm³/mol. The van der Waals surface area contributed by atoms with Crippen molar-refractivity contribution in [1.29, 1.82) is 0 Å². The number of benzene rings is 1. The second kappa shape index (κ2) is 6.86. The average molecular weight is 252 g/mol. The van der Waals surface area contributed by atoms with Crippen LogP contribution in [0.1, 0.15) is 24.2 Å². The molecule has 0 heterocycles. The zero-order chi connectivity index (χ0) is 13.5. The molecular weight excluding hydrogens is 232 g/mol. The second-order valence-electron chi connectivity index (χ2n) is 3.93. The van der Waals surface area contributed by atoms with E-state index in [0.717, 1.165) is 19.6 Å². The van der Waals surface area contributed by atoms with Crippen LogP contribution in [-0.4, -0.2) is 42.2 Å². The number of ether oxygens (including phenoxy) is 1. The Kier molecular flexibility index (Phi) is 5.45. The van der Waals surface area contributed by atoms with Crippen molar-refractivity contribution in [2.75, 3.05) is 32.0 Å². The van der Waals surface area contributed by atoms with E-state index in [1.165, 1.54) is 6.07 Å². The Labute approximate surface area is 107 Å². The largest absolute Gasteiger partial charge is 0.492 e. The van der Waals surface area contributed by atoms with Gasteiger partial charge in [-0.3, -0.25) is 0 Å². The molecule has 0 saturated carbocycles. The van der Waals surface area contributed by atoms with Crippen LogP contribution in [0.4, 0.5) is 5.69 Å². The number of nitrogens with zero attached hydrogens (tertiary/aromatic N) is 1. The highest BCUT2D eigenvalue weighted by Crippen LogP contribution is 2.19. The van der Waals surface area contributed by atoms with Gasteiger partial charge >= 0.3 is 5.97 Å². The summed E-state index contributed by atoms with van der Waals surface area (Å²) in [6.45, 7) is 7.58. The van der Waals surface area contributed by atoms with Gasteiger partial charge in [-0.05, 0) is 25.2 Å². The van der Waals surface area contributed by atoms with Crippen LogP contribution < -0.4 is 10.5 Å². The lowest BCUT2D eigenvalue weighted by molar-refractivity contribution is 0.0698. The molecule has 100 valence electrons. The maximum Gasteiger partial charge on any atom is 0.337 e. The van der Waals surface area contributed by atoms with Crippen molar-refractivity contribution in [2.45, 2.75) is 13.8 Å². The molecule has 0 fully saturated rings. The molecule has 0 spiro atoms. The van der Waals surface area contributed by atoms with Crippen LogP contribution in [0, 0.1) is 0 Å². The van der Waals surface area contributed by atoms with E-state index >= 15 is 0 Å². The first-order chi connectivity index (χ1) is 8.58. The zero-order valence-corrected chi connectivity index (χ0v) is 10.8. The Bertz CT molecular complexity index is 403. The first-order valence-electron chi connectivity index (χ1n) is 6.06. The number of carboxylic acid groups (broad SMARTS) is 1. The third-order valence-electron chi connectivity index (χ3n) is 2.82. The molecule has 0 aliphatic rings. The lowest BCUT2D eigenvalue weighted by Crippen LogP contribution is -2.27. The van der Waals surface area contributed by atoms with Crippen molar-refractivity contribution in [1.82, 2.24) is 4.90 Å². The van der Waals surface area contributed by atoms with Crippen molar-refractivity contribution in [3.05, 3.63) is 23.8 Å². The minimum absolute atomic E-state index is 0.103. The lowest BCUT2D eigenvalue weighted by Gasteiger charge is -2.18. The van der Waals surface area contributed by atoms with Crippen LogP contribution in [0.3, 0.4) is 0 Å². The zero-order valence-electron chi connectivity index (χ0n) is 10.8. The molecule has 5 nitrogen and oxygen atoms in total. The van der Waals surface area contributed by atoms with Crippen LogP contribution in [-0.2, 0) is 0 Å². The van der Waals surface area contributed by atoms with E-state index < -0.39 is 5.97 Å². The van der Waals surface area contributed by atoms with Crippen molar-refractivity contribution < 1.29 is 14.6 Å². The first-order valence-corrected chi connectivity index (χ1v) is 6.06. The number of nitrogens with two attached hydrogens (primary N) is 1. The highest BCUT2D eigenvalue weighted by atomic mass is 16.5. The predicted octanol–water partition coefficient (Wildman–Crippen LogP) is 1.69. The van der Waals surface area contributed by atoms with Gasteiger partial charge in [0.05, 0.1) is 5.56 Å². The standard InChI is InChI=1S/C13H20N2O3/c1-3-15(4-2)7-8-18-10-5-6-11(13(16)17)12(14)9-10/h5-6,9H,3-4,7-8,14H2,1-2H3,(H,16,17). The van der Waals surface area contributed by atoms with Gasteiger partial charge in [-0.2, -0.15) is 0 Å². The Morgan fingerprint density at radius 3 is 2.56 bits per heavy atom. The van der Waals surface area contributed by atoms with Gasteiger partial charge in [-0.25, -0.2) is 4.79 Å². The summed E-state index contributed by atoms with van der Waals surface area (Å²) in [6.07, 6.45) is 0. The topological polar surface area (TPSA) is 75.8 Å². The molecule has 0 aliphatic heterocycles. The van der Waals surface area contributed by atoms with Crippen LogP contribution in [0.25, 0.3) is 0 Å². The van der Waals surface area contributed by atoms with Crippen LogP contribution in [0.15, 0.2) is 18.2 Å². The molecule has 0 amide bonds. The molecule has 0 atom stereocenters. The third-order valence-corrected chi connectivity index (χ3v) is 2.82. The molecule has 0 aliphatic carbocycles. The fourth-order valence-electron chi connectivity index (χ4n) is 1.66. The summed E-state index contributed by atoms with van der Waals surface area (Å²) >= 11 is 0. The summed E-state index contributed by atoms with van der Waals surface area (Å²) in [5.74, 6) is -0.424. The SMILES string of the molecule is CCN(CC)CCOc1ccc(C(=O)O)c(N)c1. The number of anilines is 1. The Balaban J connectivity index is 2.53. The smallest absolute Gasteiger partial charge is 0.337 e. The number of likely N-dealkylation sites (N-methyl/N-ethyl adjacent to an activating group) is 1. The van der Waals surface area contributed by atoms with Gasteiger partial charge < -0.3 is 20.5 Å². The molecule has 0 bridgehead atoms. The number of rotatable bonds is 7. The number of carbonyl (C=O) groups is 1. The summed E-state index contributed by atoms with van der Waals surface area (Å²) in [7, 11) is 0. The maximum atomic E-state index is 10.8. The van der Waals surface area contributed by atoms with Gasteiger partial charge in [0.2, 0.25) is 0 Å². The van der Waals surface area contributed by atoms with E-state index in [1.54, 1.807) is 12.1 Å². The summed E-state index contributed by atoms with van der Waals surface area (Å²) < 4.78 is 5.54. The molecule has 1 aromatic carbocycles.